The van der Waals surface area contributed by atoms with Gasteiger partial charge in [0.25, 0.3) is 0 Å². The predicted octanol–water partition coefficient (Wildman–Crippen LogP) is 0.828. The lowest BCUT2D eigenvalue weighted by molar-refractivity contribution is -0.108. The van der Waals surface area contributed by atoms with Crippen LogP contribution in [0.2, 0.25) is 0 Å². The molecule has 1 aliphatic rings. The minimum Gasteiger partial charge on any atom is -0.390 e. The third-order valence-corrected chi connectivity index (χ3v) is 3.07. The van der Waals surface area contributed by atoms with E-state index < -0.39 is 12.2 Å². The number of nitrogens with one attached hydrogen (secondary N) is 1. The Morgan fingerprint density at radius 1 is 1.24 bits per heavy atom. The first-order chi connectivity index (χ1) is 8.24. The fraction of sp³-hybridized carbons (Fsp3) is 0.308. The molecule has 3 atom stereocenters. The summed E-state index contributed by atoms with van der Waals surface area (Å²) in [5, 5.41) is 22.1. The summed E-state index contributed by atoms with van der Waals surface area (Å²) in [4.78, 5) is 10.2. The molecule has 1 amide bonds. The van der Waals surface area contributed by atoms with Crippen LogP contribution in [0, 0.1) is 0 Å². The van der Waals surface area contributed by atoms with Crippen LogP contribution in [-0.2, 0) is 4.79 Å². The van der Waals surface area contributed by atoms with Gasteiger partial charge in [0.1, 0.15) is 6.10 Å². The second-order valence-electron chi connectivity index (χ2n) is 4.13. The number of benzene rings is 1. The number of allylic oxidation sites excluding steroid dienone is 1. The Balaban J connectivity index is 2.30. The molecule has 0 saturated heterocycles. The van der Waals surface area contributed by atoms with Gasteiger partial charge in [-0.05, 0) is 17.5 Å². The summed E-state index contributed by atoms with van der Waals surface area (Å²) in [7, 11) is 0. The number of hydrogen-bond donors (Lipinski definition) is 3. The van der Waals surface area contributed by atoms with E-state index in [-0.39, 0.29) is 5.92 Å². The Kier molecular flexibility index (Phi) is 3.56. The fourth-order valence-electron chi connectivity index (χ4n) is 2.23. The summed E-state index contributed by atoms with van der Waals surface area (Å²) >= 11 is 0. The first-order valence-electron chi connectivity index (χ1n) is 5.55. The minimum absolute atomic E-state index is 0.0112. The summed E-state index contributed by atoms with van der Waals surface area (Å²) < 4.78 is 0. The molecule has 1 aliphatic carbocycles. The molecule has 0 saturated carbocycles. The van der Waals surface area contributed by atoms with E-state index in [2.05, 4.69) is 5.32 Å². The van der Waals surface area contributed by atoms with Gasteiger partial charge < -0.3 is 15.5 Å². The molecule has 1 aromatic carbocycles. The predicted molar refractivity (Wildman–Crippen MR) is 63.1 cm³/mol. The second-order valence-corrected chi connectivity index (χ2v) is 4.13. The zero-order valence-corrected chi connectivity index (χ0v) is 9.28. The molecule has 2 rings (SSSR count). The van der Waals surface area contributed by atoms with E-state index in [1.807, 2.05) is 30.3 Å². The van der Waals surface area contributed by atoms with Crippen molar-refractivity contribution in [2.45, 2.75) is 24.5 Å². The van der Waals surface area contributed by atoms with Crippen LogP contribution in [-0.4, -0.2) is 22.7 Å². The topological polar surface area (TPSA) is 69.6 Å². The van der Waals surface area contributed by atoms with Crippen molar-refractivity contribution >= 4 is 6.41 Å². The van der Waals surface area contributed by atoms with Crippen LogP contribution in [0.15, 0.2) is 36.5 Å². The molecule has 3 N–H and O–H groups in total. The first kappa shape index (κ1) is 11.8. The number of rotatable bonds is 3. The van der Waals surface area contributed by atoms with Crippen LogP contribution < -0.4 is 5.32 Å². The van der Waals surface area contributed by atoms with Gasteiger partial charge in [-0.3, -0.25) is 4.79 Å². The van der Waals surface area contributed by atoms with Crippen molar-refractivity contribution in [2.75, 3.05) is 0 Å². The lowest BCUT2D eigenvalue weighted by Gasteiger charge is -2.31. The van der Waals surface area contributed by atoms with Crippen molar-refractivity contribution in [3.05, 3.63) is 47.7 Å². The van der Waals surface area contributed by atoms with Crippen LogP contribution in [0.25, 0.3) is 0 Å². The molecule has 4 nitrogen and oxygen atoms in total. The third kappa shape index (κ3) is 2.38. The van der Waals surface area contributed by atoms with E-state index in [0.29, 0.717) is 12.8 Å². The summed E-state index contributed by atoms with van der Waals surface area (Å²) in [6.07, 6.45) is 2.83. The Hall–Kier alpha value is -1.65. The zero-order valence-electron chi connectivity index (χ0n) is 9.28. The van der Waals surface area contributed by atoms with Crippen LogP contribution in [0.4, 0.5) is 0 Å². The molecule has 0 bridgehead atoms. The minimum atomic E-state index is -0.824. The second kappa shape index (κ2) is 5.12. The molecule has 0 aromatic heterocycles. The van der Waals surface area contributed by atoms with Gasteiger partial charge in [0.2, 0.25) is 6.41 Å². The Morgan fingerprint density at radius 2 is 1.94 bits per heavy atom. The Labute approximate surface area is 99.6 Å². The number of aliphatic hydroxyl groups is 2. The molecule has 3 unspecified atom stereocenters. The van der Waals surface area contributed by atoms with E-state index in [0.717, 1.165) is 11.1 Å². The van der Waals surface area contributed by atoms with Crippen molar-refractivity contribution in [3.8, 4) is 0 Å². The van der Waals surface area contributed by atoms with E-state index in [1.165, 1.54) is 0 Å². The molecule has 0 aliphatic heterocycles. The van der Waals surface area contributed by atoms with Gasteiger partial charge in [0, 0.05) is 12.1 Å². The van der Waals surface area contributed by atoms with Gasteiger partial charge in [-0.25, -0.2) is 0 Å². The number of hydrogen-bond acceptors (Lipinski definition) is 3. The summed E-state index contributed by atoms with van der Waals surface area (Å²) in [6, 6.07) is 7.48. The smallest absolute Gasteiger partial charge is 0.211 e. The number of carbonyl (C=O) groups excluding carboxylic acids is 1. The first-order valence-corrected chi connectivity index (χ1v) is 5.55. The molecule has 0 fully saturated rings. The van der Waals surface area contributed by atoms with Crippen LogP contribution in [0.1, 0.15) is 29.6 Å². The Morgan fingerprint density at radius 3 is 2.65 bits per heavy atom. The molecule has 0 radical (unpaired) electrons. The highest BCUT2D eigenvalue weighted by atomic mass is 16.3. The summed E-state index contributed by atoms with van der Waals surface area (Å²) in [6.45, 7) is 0. The van der Waals surface area contributed by atoms with Gasteiger partial charge in [-0.15, -0.1) is 0 Å². The number of carbonyl (C=O) groups is 1. The quantitative estimate of drug-likeness (QED) is 0.677. The molecular weight excluding hydrogens is 218 g/mol. The molecule has 1 aromatic rings. The maximum Gasteiger partial charge on any atom is 0.211 e. The van der Waals surface area contributed by atoms with E-state index in [9.17, 15) is 15.0 Å². The monoisotopic (exact) mass is 233 g/mol. The molecule has 0 heterocycles. The van der Waals surface area contributed by atoms with Crippen LogP contribution in [0.3, 0.4) is 0 Å². The average molecular weight is 233 g/mol. The van der Waals surface area contributed by atoms with Crippen LogP contribution in [0.5, 0.6) is 0 Å². The van der Waals surface area contributed by atoms with Crippen molar-refractivity contribution in [1.29, 1.82) is 0 Å². The van der Waals surface area contributed by atoms with Crippen molar-refractivity contribution in [2.24, 2.45) is 0 Å². The van der Waals surface area contributed by atoms with Crippen molar-refractivity contribution in [3.63, 3.8) is 0 Å². The summed E-state index contributed by atoms with van der Waals surface area (Å²) in [5.41, 5.74) is 1.75. The standard InChI is InChI=1S/C13H15NO3/c15-8-14-6-5-9-7-12(16)13(17)11-4-2-1-3-10(9)11/h1-6,8-9,12-13,16-17H,7H2,(H,14,15). The maximum absolute atomic E-state index is 10.2. The molecule has 4 heteroatoms. The Bertz CT molecular complexity index is 430. The lowest BCUT2D eigenvalue weighted by Crippen LogP contribution is -2.27. The van der Waals surface area contributed by atoms with Gasteiger partial charge in [-0.1, -0.05) is 30.3 Å². The highest BCUT2D eigenvalue weighted by Crippen LogP contribution is 2.38. The average Bonchev–Trinajstić information content (AvgIpc) is 2.36. The maximum atomic E-state index is 10.2. The van der Waals surface area contributed by atoms with Crippen LogP contribution >= 0.6 is 0 Å². The van der Waals surface area contributed by atoms with Gasteiger partial charge in [0.05, 0.1) is 6.10 Å². The van der Waals surface area contributed by atoms with Gasteiger partial charge >= 0.3 is 0 Å². The van der Waals surface area contributed by atoms with E-state index >= 15 is 0 Å². The van der Waals surface area contributed by atoms with E-state index in [4.69, 9.17) is 0 Å². The summed E-state index contributed by atoms with van der Waals surface area (Å²) in [5.74, 6) is 0.0112. The third-order valence-electron chi connectivity index (χ3n) is 3.07. The molecule has 90 valence electrons. The zero-order chi connectivity index (χ0) is 12.3. The van der Waals surface area contributed by atoms with Gasteiger partial charge in [0.15, 0.2) is 0 Å². The van der Waals surface area contributed by atoms with Crippen molar-refractivity contribution in [1.82, 2.24) is 5.32 Å². The highest BCUT2D eigenvalue weighted by molar-refractivity contribution is 5.48. The van der Waals surface area contributed by atoms with E-state index in [1.54, 1.807) is 6.20 Å². The highest BCUT2D eigenvalue weighted by Gasteiger charge is 2.30. The normalized spacial score (nSPS) is 27.8. The number of amides is 1. The molecular formula is C13H15NO3. The SMILES string of the molecule is O=CNC=CC1CC(O)C(O)c2ccccc21. The molecule has 0 spiro atoms. The molecule has 17 heavy (non-hydrogen) atoms. The van der Waals surface area contributed by atoms with Crippen molar-refractivity contribution < 1.29 is 15.0 Å². The number of fused-ring (bicyclic) bond motifs is 1. The lowest BCUT2D eigenvalue weighted by atomic mass is 9.79. The largest absolute Gasteiger partial charge is 0.390 e. The van der Waals surface area contributed by atoms with Gasteiger partial charge in [-0.2, -0.15) is 0 Å². The number of aliphatic hydroxyl groups excluding tert-OH is 2. The fourth-order valence-corrected chi connectivity index (χ4v) is 2.23.